The minimum atomic E-state index is -0.400. The normalized spacial score (nSPS) is 17.4. The number of rotatable bonds is 2. The van der Waals surface area contributed by atoms with Gasteiger partial charge in [-0.25, -0.2) is 0 Å². The van der Waals surface area contributed by atoms with E-state index in [0.717, 1.165) is 12.0 Å². The highest BCUT2D eigenvalue weighted by Gasteiger charge is 2.04. The topological polar surface area (TPSA) is 20.2 Å². The minimum Gasteiger partial charge on any atom is -0.389 e. The summed E-state index contributed by atoms with van der Waals surface area (Å²) >= 11 is 0. The van der Waals surface area contributed by atoms with Crippen LogP contribution in [0, 0.1) is 0 Å². The van der Waals surface area contributed by atoms with Crippen LogP contribution in [0.4, 0.5) is 0 Å². The Balaban J connectivity index is 2.29. The van der Waals surface area contributed by atoms with Gasteiger partial charge in [0, 0.05) is 0 Å². The first-order valence-corrected chi connectivity index (χ1v) is 5.58. The lowest BCUT2D eigenvalue weighted by Gasteiger charge is -2.02. The van der Waals surface area contributed by atoms with Gasteiger partial charge in [0.05, 0.1) is 6.10 Å². The first kappa shape index (κ1) is 10.9. The van der Waals surface area contributed by atoms with Crippen LogP contribution in [0.15, 0.2) is 60.2 Å². The molecule has 0 bridgehead atoms. The molecule has 1 heteroatoms. The van der Waals surface area contributed by atoms with Gasteiger partial charge in [-0.2, -0.15) is 0 Å². The Bertz CT molecular complexity index is 436. The predicted molar refractivity (Wildman–Crippen MR) is 67.9 cm³/mol. The number of aliphatic hydroxyl groups is 1. The first-order valence-electron chi connectivity index (χ1n) is 5.58. The molecule has 1 nitrogen and oxygen atoms in total. The fraction of sp³-hybridized carbons (Fsp3) is 0.200. The molecule has 1 aromatic carbocycles. The molecule has 0 saturated carbocycles. The van der Waals surface area contributed by atoms with Crippen LogP contribution in [0.25, 0.3) is 5.57 Å². The first-order chi connectivity index (χ1) is 7.77. The second-order valence-electron chi connectivity index (χ2n) is 4.01. The van der Waals surface area contributed by atoms with Gasteiger partial charge in [-0.1, -0.05) is 54.6 Å². The van der Waals surface area contributed by atoms with Crippen LogP contribution in [0.1, 0.15) is 18.9 Å². The van der Waals surface area contributed by atoms with Crippen molar-refractivity contribution in [3.05, 3.63) is 65.8 Å². The zero-order valence-corrected chi connectivity index (χ0v) is 9.43. The molecule has 0 aromatic heterocycles. The molecule has 1 unspecified atom stereocenters. The van der Waals surface area contributed by atoms with Crippen molar-refractivity contribution in [3.63, 3.8) is 0 Å². The molecule has 0 aliphatic heterocycles. The lowest BCUT2D eigenvalue weighted by atomic mass is 10.0. The van der Waals surface area contributed by atoms with Gasteiger partial charge in [0.25, 0.3) is 0 Å². The van der Waals surface area contributed by atoms with E-state index in [1.807, 2.05) is 30.4 Å². The molecule has 1 aliphatic carbocycles. The number of benzene rings is 1. The van der Waals surface area contributed by atoms with E-state index >= 15 is 0 Å². The maximum atomic E-state index is 9.51. The summed E-state index contributed by atoms with van der Waals surface area (Å²) in [5, 5.41) is 9.51. The SMILES string of the molecule is CC(O)C1=CC=C(c2ccccc2)CC=C1. The van der Waals surface area contributed by atoms with Crippen LogP contribution in [0.5, 0.6) is 0 Å². The quantitative estimate of drug-likeness (QED) is 0.797. The van der Waals surface area contributed by atoms with E-state index in [4.69, 9.17) is 0 Å². The zero-order chi connectivity index (χ0) is 11.4. The highest BCUT2D eigenvalue weighted by molar-refractivity contribution is 5.69. The Hall–Kier alpha value is -1.60. The van der Waals surface area contributed by atoms with Gasteiger partial charge in [-0.05, 0) is 30.1 Å². The molecule has 0 saturated heterocycles. The van der Waals surface area contributed by atoms with Gasteiger partial charge in [0.2, 0.25) is 0 Å². The highest BCUT2D eigenvalue weighted by atomic mass is 16.3. The lowest BCUT2D eigenvalue weighted by molar-refractivity contribution is 0.235. The van der Waals surface area contributed by atoms with Crippen LogP contribution >= 0.6 is 0 Å². The number of aliphatic hydroxyl groups excluding tert-OH is 1. The smallest absolute Gasteiger partial charge is 0.0761 e. The van der Waals surface area contributed by atoms with E-state index in [-0.39, 0.29) is 0 Å². The monoisotopic (exact) mass is 212 g/mol. The lowest BCUT2D eigenvalue weighted by Crippen LogP contribution is -2.00. The van der Waals surface area contributed by atoms with Crippen molar-refractivity contribution in [2.75, 3.05) is 0 Å². The third-order valence-corrected chi connectivity index (χ3v) is 2.75. The Morgan fingerprint density at radius 3 is 2.56 bits per heavy atom. The van der Waals surface area contributed by atoms with Crippen LogP contribution in [-0.4, -0.2) is 11.2 Å². The fourth-order valence-electron chi connectivity index (χ4n) is 1.79. The van der Waals surface area contributed by atoms with Crippen molar-refractivity contribution in [2.24, 2.45) is 0 Å². The van der Waals surface area contributed by atoms with Crippen LogP contribution in [0.3, 0.4) is 0 Å². The van der Waals surface area contributed by atoms with E-state index in [1.54, 1.807) is 6.92 Å². The zero-order valence-electron chi connectivity index (χ0n) is 9.43. The molecule has 1 atom stereocenters. The van der Waals surface area contributed by atoms with Gasteiger partial charge in [0.1, 0.15) is 0 Å². The van der Waals surface area contributed by atoms with Gasteiger partial charge in [-0.15, -0.1) is 0 Å². The van der Waals surface area contributed by atoms with E-state index in [0.29, 0.717) is 0 Å². The third-order valence-electron chi connectivity index (χ3n) is 2.75. The molecule has 1 aliphatic rings. The van der Waals surface area contributed by atoms with E-state index in [9.17, 15) is 5.11 Å². The molecule has 2 rings (SSSR count). The predicted octanol–water partition coefficient (Wildman–Crippen LogP) is 3.34. The second kappa shape index (κ2) is 4.95. The number of allylic oxidation sites excluding steroid dienone is 4. The van der Waals surface area contributed by atoms with E-state index in [2.05, 4.69) is 24.3 Å². The van der Waals surface area contributed by atoms with Gasteiger partial charge in [0.15, 0.2) is 0 Å². The summed E-state index contributed by atoms with van der Waals surface area (Å²) in [5.74, 6) is 0. The highest BCUT2D eigenvalue weighted by Crippen LogP contribution is 2.22. The molecule has 0 radical (unpaired) electrons. The molecule has 0 spiro atoms. The third kappa shape index (κ3) is 2.50. The van der Waals surface area contributed by atoms with Crippen molar-refractivity contribution < 1.29 is 5.11 Å². The maximum absolute atomic E-state index is 9.51. The molecule has 1 N–H and O–H groups in total. The van der Waals surface area contributed by atoms with E-state index < -0.39 is 6.10 Å². The summed E-state index contributed by atoms with van der Waals surface area (Å²) in [7, 11) is 0. The van der Waals surface area contributed by atoms with Crippen LogP contribution in [0.2, 0.25) is 0 Å². The van der Waals surface area contributed by atoms with Crippen molar-refractivity contribution in [3.8, 4) is 0 Å². The number of hydrogen-bond acceptors (Lipinski definition) is 1. The molecular formula is C15H16O. The van der Waals surface area contributed by atoms with E-state index in [1.165, 1.54) is 11.1 Å². The van der Waals surface area contributed by atoms with Crippen molar-refractivity contribution >= 4 is 5.57 Å². The summed E-state index contributed by atoms with van der Waals surface area (Å²) < 4.78 is 0. The molecule has 0 amide bonds. The van der Waals surface area contributed by atoms with Crippen LogP contribution in [-0.2, 0) is 0 Å². The molecule has 1 aromatic rings. The van der Waals surface area contributed by atoms with Crippen molar-refractivity contribution in [1.82, 2.24) is 0 Å². The average Bonchev–Trinajstić information content (AvgIpc) is 2.55. The van der Waals surface area contributed by atoms with Gasteiger partial charge >= 0.3 is 0 Å². The van der Waals surface area contributed by atoms with Crippen molar-refractivity contribution in [1.29, 1.82) is 0 Å². The summed E-state index contributed by atoms with van der Waals surface area (Å²) in [5.41, 5.74) is 3.49. The molecular weight excluding hydrogens is 196 g/mol. The summed E-state index contributed by atoms with van der Waals surface area (Å²) in [6.45, 7) is 1.79. The van der Waals surface area contributed by atoms with Crippen LogP contribution < -0.4 is 0 Å². The Kier molecular flexibility index (Phi) is 3.37. The Labute approximate surface area is 96.4 Å². The maximum Gasteiger partial charge on any atom is 0.0761 e. The largest absolute Gasteiger partial charge is 0.389 e. The summed E-state index contributed by atoms with van der Waals surface area (Å²) in [6, 6.07) is 10.3. The number of hydrogen-bond donors (Lipinski definition) is 1. The molecule has 16 heavy (non-hydrogen) atoms. The summed E-state index contributed by atoms with van der Waals surface area (Å²) in [6.07, 6.45) is 8.70. The molecule has 82 valence electrons. The van der Waals surface area contributed by atoms with Gasteiger partial charge < -0.3 is 5.11 Å². The van der Waals surface area contributed by atoms with Gasteiger partial charge in [-0.3, -0.25) is 0 Å². The Morgan fingerprint density at radius 1 is 1.12 bits per heavy atom. The Morgan fingerprint density at radius 2 is 1.88 bits per heavy atom. The average molecular weight is 212 g/mol. The second-order valence-corrected chi connectivity index (χ2v) is 4.01. The molecule has 0 heterocycles. The minimum absolute atomic E-state index is 0.400. The summed E-state index contributed by atoms with van der Waals surface area (Å²) in [4.78, 5) is 0. The van der Waals surface area contributed by atoms with Crippen molar-refractivity contribution in [2.45, 2.75) is 19.4 Å². The molecule has 0 fully saturated rings. The standard InChI is InChI=1S/C15H16O/c1-12(16)13-8-5-9-15(11-10-13)14-6-3-2-4-7-14/h2-8,10-12,16H,9H2,1H3. The fourth-order valence-corrected chi connectivity index (χ4v) is 1.79.